The molecule has 1 N–H and O–H groups in total. The average molecular weight is 463 g/mol. The first-order valence-electron chi connectivity index (χ1n) is 11.2. The summed E-state index contributed by atoms with van der Waals surface area (Å²) in [6, 6.07) is 19.7. The molecule has 1 heterocycles. The number of likely N-dealkylation sites (tertiary alicyclic amines) is 1. The number of hydrogen-bond donors (Lipinski definition) is 1. The van der Waals surface area contributed by atoms with E-state index in [-0.39, 0.29) is 11.3 Å². The minimum absolute atomic E-state index is 0.108. The number of fused-ring (bicyclic) bond motifs is 1. The molecular weight excluding hydrogens is 436 g/mol. The number of amides is 1. The van der Waals surface area contributed by atoms with Gasteiger partial charge < -0.3 is 14.9 Å². The molecule has 33 heavy (non-hydrogen) atoms. The topological polar surface area (TPSA) is 60.9 Å². The van der Waals surface area contributed by atoms with Crippen molar-refractivity contribution in [2.75, 3.05) is 26.2 Å². The number of Topliss-reactive ketones (excluding diaryl/α,β-unsaturated/α-hetero) is 1. The van der Waals surface area contributed by atoms with Crippen molar-refractivity contribution in [3.8, 4) is 0 Å². The third kappa shape index (κ3) is 4.52. The predicted molar refractivity (Wildman–Crippen MR) is 132 cm³/mol. The minimum Gasteiger partial charge on any atom is -0.507 e. The Bertz CT molecular complexity index is 1220. The molecule has 0 spiro atoms. The smallest absolute Gasteiger partial charge is 0.295 e. The van der Waals surface area contributed by atoms with E-state index in [9.17, 15) is 14.7 Å². The van der Waals surface area contributed by atoms with Crippen LogP contribution in [0.15, 0.2) is 72.3 Å². The second-order valence-electron chi connectivity index (χ2n) is 8.13. The van der Waals surface area contributed by atoms with Gasteiger partial charge in [0, 0.05) is 23.7 Å². The molecule has 1 aliphatic rings. The maximum absolute atomic E-state index is 13.2. The molecule has 3 aromatic carbocycles. The Hall–Kier alpha value is -3.15. The molecule has 0 saturated carbocycles. The quantitative estimate of drug-likeness (QED) is 0.295. The molecule has 1 aliphatic heterocycles. The highest BCUT2D eigenvalue weighted by atomic mass is 35.5. The maximum Gasteiger partial charge on any atom is 0.295 e. The van der Waals surface area contributed by atoms with Gasteiger partial charge in [0.25, 0.3) is 11.7 Å². The second kappa shape index (κ2) is 9.77. The van der Waals surface area contributed by atoms with Gasteiger partial charge in [-0.25, -0.2) is 0 Å². The van der Waals surface area contributed by atoms with Crippen LogP contribution in [0.25, 0.3) is 16.5 Å². The van der Waals surface area contributed by atoms with E-state index < -0.39 is 17.7 Å². The number of ketones is 1. The highest BCUT2D eigenvalue weighted by Crippen LogP contribution is 2.39. The first-order valence-corrected chi connectivity index (χ1v) is 11.6. The maximum atomic E-state index is 13.2. The summed E-state index contributed by atoms with van der Waals surface area (Å²) in [7, 11) is 0. The van der Waals surface area contributed by atoms with E-state index in [1.165, 1.54) is 0 Å². The normalized spacial score (nSPS) is 17.9. The lowest BCUT2D eigenvalue weighted by atomic mass is 9.94. The fourth-order valence-electron chi connectivity index (χ4n) is 4.38. The largest absolute Gasteiger partial charge is 0.507 e. The molecule has 0 aromatic heterocycles. The lowest BCUT2D eigenvalue weighted by Gasteiger charge is -2.28. The summed E-state index contributed by atoms with van der Waals surface area (Å²) < 4.78 is 0. The summed E-state index contributed by atoms with van der Waals surface area (Å²) in [4.78, 5) is 30.0. The van der Waals surface area contributed by atoms with Gasteiger partial charge in [-0.2, -0.15) is 0 Å². The monoisotopic (exact) mass is 462 g/mol. The standard InChI is InChI=1S/C27H27ClN2O3/c1-3-29(4-2)15-16-30-24(19-11-13-22(28)14-12-19)23(26(32)27(30)33)25(31)21-10-9-18-7-5-6-8-20(18)17-21/h5-14,17,24,31H,3-4,15-16H2,1-2H3/b25-23-. The van der Waals surface area contributed by atoms with E-state index in [0.717, 1.165) is 29.4 Å². The van der Waals surface area contributed by atoms with Crippen molar-refractivity contribution in [2.45, 2.75) is 19.9 Å². The van der Waals surface area contributed by atoms with Crippen molar-refractivity contribution >= 4 is 39.8 Å². The minimum atomic E-state index is -0.677. The van der Waals surface area contributed by atoms with E-state index in [1.807, 2.05) is 36.4 Å². The molecule has 1 saturated heterocycles. The number of likely N-dealkylation sites (N-methyl/N-ethyl adjacent to an activating group) is 1. The number of benzene rings is 3. The van der Waals surface area contributed by atoms with Crippen molar-refractivity contribution < 1.29 is 14.7 Å². The van der Waals surface area contributed by atoms with Gasteiger partial charge in [-0.1, -0.05) is 74.0 Å². The molecule has 1 fully saturated rings. The van der Waals surface area contributed by atoms with Gasteiger partial charge >= 0.3 is 0 Å². The van der Waals surface area contributed by atoms with Crippen LogP contribution in [0.1, 0.15) is 31.0 Å². The molecule has 1 atom stereocenters. The number of carbonyl (C=O) groups excluding carboxylic acids is 2. The molecule has 0 radical (unpaired) electrons. The molecule has 170 valence electrons. The Balaban J connectivity index is 1.81. The lowest BCUT2D eigenvalue weighted by molar-refractivity contribution is -0.140. The highest BCUT2D eigenvalue weighted by molar-refractivity contribution is 6.46. The van der Waals surface area contributed by atoms with Gasteiger partial charge in [0.1, 0.15) is 5.76 Å². The third-order valence-corrected chi connectivity index (χ3v) is 6.55. The number of aliphatic hydroxyl groups is 1. The number of halogens is 1. The summed E-state index contributed by atoms with van der Waals surface area (Å²) in [6.07, 6.45) is 0. The molecule has 5 nitrogen and oxygen atoms in total. The Morgan fingerprint density at radius 1 is 0.970 bits per heavy atom. The lowest BCUT2D eigenvalue weighted by Crippen LogP contribution is -2.38. The van der Waals surface area contributed by atoms with Crippen LogP contribution in [-0.4, -0.2) is 52.8 Å². The molecular formula is C27H27ClN2O3. The first kappa shape index (κ1) is 23.0. The first-order chi connectivity index (χ1) is 15.9. The SMILES string of the molecule is CCN(CC)CCN1C(=O)C(=O)/C(=C(\O)c2ccc3ccccc3c2)C1c1ccc(Cl)cc1. The molecule has 6 heteroatoms. The summed E-state index contributed by atoms with van der Waals surface area (Å²) in [5.74, 6) is -1.42. The molecule has 0 aliphatic carbocycles. The van der Waals surface area contributed by atoms with E-state index >= 15 is 0 Å². The van der Waals surface area contributed by atoms with Gasteiger partial charge in [-0.05, 0) is 47.6 Å². The van der Waals surface area contributed by atoms with Crippen LogP contribution in [0, 0.1) is 0 Å². The number of rotatable bonds is 7. The predicted octanol–water partition coefficient (Wildman–Crippen LogP) is 5.26. The zero-order chi connectivity index (χ0) is 23.5. The van der Waals surface area contributed by atoms with E-state index in [2.05, 4.69) is 18.7 Å². The number of hydrogen-bond acceptors (Lipinski definition) is 4. The Labute approximate surface area is 198 Å². The van der Waals surface area contributed by atoms with Gasteiger partial charge in [-0.3, -0.25) is 9.59 Å². The molecule has 4 rings (SSSR count). The van der Waals surface area contributed by atoms with E-state index in [1.54, 1.807) is 35.2 Å². The molecule has 1 unspecified atom stereocenters. The van der Waals surface area contributed by atoms with Crippen molar-refractivity contribution in [1.29, 1.82) is 0 Å². The summed E-state index contributed by atoms with van der Waals surface area (Å²) in [6.45, 7) is 6.85. The van der Waals surface area contributed by atoms with Crippen molar-refractivity contribution in [3.05, 3.63) is 88.5 Å². The third-order valence-electron chi connectivity index (χ3n) is 6.30. The van der Waals surface area contributed by atoms with Gasteiger partial charge in [0.2, 0.25) is 0 Å². The summed E-state index contributed by atoms with van der Waals surface area (Å²) >= 11 is 6.09. The fourth-order valence-corrected chi connectivity index (χ4v) is 4.51. The van der Waals surface area contributed by atoms with Crippen LogP contribution in [0.5, 0.6) is 0 Å². The van der Waals surface area contributed by atoms with Crippen molar-refractivity contribution in [1.82, 2.24) is 9.80 Å². The molecule has 3 aromatic rings. The Morgan fingerprint density at radius 3 is 2.30 bits per heavy atom. The second-order valence-corrected chi connectivity index (χ2v) is 8.57. The summed E-state index contributed by atoms with van der Waals surface area (Å²) in [5.41, 5.74) is 1.35. The van der Waals surface area contributed by atoms with Crippen LogP contribution in [0.3, 0.4) is 0 Å². The van der Waals surface area contributed by atoms with Crippen LogP contribution in [0.4, 0.5) is 0 Å². The van der Waals surface area contributed by atoms with Crippen LogP contribution < -0.4 is 0 Å². The number of carbonyl (C=O) groups is 2. The Kier molecular flexibility index (Phi) is 6.82. The van der Waals surface area contributed by atoms with E-state index in [0.29, 0.717) is 23.7 Å². The fraction of sp³-hybridized carbons (Fsp3) is 0.259. The van der Waals surface area contributed by atoms with Crippen molar-refractivity contribution in [3.63, 3.8) is 0 Å². The van der Waals surface area contributed by atoms with Crippen LogP contribution >= 0.6 is 11.6 Å². The average Bonchev–Trinajstić information content (AvgIpc) is 3.09. The number of aliphatic hydroxyl groups excluding tert-OH is 1. The van der Waals surface area contributed by atoms with Gasteiger partial charge in [0.05, 0.1) is 11.6 Å². The van der Waals surface area contributed by atoms with Crippen LogP contribution in [-0.2, 0) is 9.59 Å². The van der Waals surface area contributed by atoms with E-state index in [4.69, 9.17) is 11.6 Å². The highest BCUT2D eigenvalue weighted by Gasteiger charge is 2.45. The zero-order valence-corrected chi connectivity index (χ0v) is 19.5. The molecule has 0 bridgehead atoms. The summed E-state index contributed by atoms with van der Waals surface area (Å²) in [5, 5.41) is 13.8. The number of nitrogens with zero attached hydrogens (tertiary/aromatic N) is 2. The molecule has 1 amide bonds. The van der Waals surface area contributed by atoms with Crippen molar-refractivity contribution in [2.24, 2.45) is 0 Å². The Morgan fingerprint density at radius 2 is 1.64 bits per heavy atom. The van der Waals surface area contributed by atoms with Gasteiger partial charge in [-0.15, -0.1) is 0 Å². The van der Waals surface area contributed by atoms with Gasteiger partial charge in [0.15, 0.2) is 0 Å². The van der Waals surface area contributed by atoms with Crippen LogP contribution in [0.2, 0.25) is 5.02 Å². The zero-order valence-electron chi connectivity index (χ0n) is 18.8.